The normalized spacial score (nSPS) is 14.1. The summed E-state index contributed by atoms with van der Waals surface area (Å²) in [4.78, 5) is 12.3. The maximum atomic E-state index is 10.9. The van der Waals surface area contributed by atoms with Crippen LogP contribution in [0.25, 0.3) is 0 Å². The highest BCUT2D eigenvalue weighted by molar-refractivity contribution is 7.99. The summed E-state index contributed by atoms with van der Waals surface area (Å²) in [5.74, 6) is 6.19. The number of thioether (sulfide) groups is 1. The third-order valence-electron chi connectivity index (χ3n) is 2.56. The highest BCUT2D eigenvalue weighted by Gasteiger charge is 2.10. The molecule has 1 aliphatic heterocycles. The third kappa shape index (κ3) is 2.68. The summed E-state index contributed by atoms with van der Waals surface area (Å²) in [7, 11) is 0. The molecule has 0 aliphatic carbocycles. The van der Waals surface area contributed by atoms with Gasteiger partial charge in [-0.25, -0.2) is 10.6 Å². The predicted molar refractivity (Wildman–Crippen MR) is 65.0 cm³/mol. The zero-order chi connectivity index (χ0) is 11.4. The molecule has 0 atom stereocenters. The Balaban J connectivity index is 2.03. The van der Waals surface area contributed by atoms with Crippen molar-refractivity contribution in [1.29, 1.82) is 0 Å². The first-order valence-electron chi connectivity index (χ1n) is 5.28. The van der Waals surface area contributed by atoms with E-state index in [1.54, 1.807) is 0 Å². The number of amides is 2. The molecule has 0 spiro atoms. The van der Waals surface area contributed by atoms with Crippen LogP contribution in [0.4, 0.5) is 4.79 Å². The quantitative estimate of drug-likeness (QED) is 0.414. The molecule has 1 aromatic carbocycles. The summed E-state index contributed by atoms with van der Waals surface area (Å²) in [5.41, 5.74) is 4.55. The van der Waals surface area contributed by atoms with Gasteiger partial charge in [-0.1, -0.05) is 12.1 Å². The second kappa shape index (κ2) is 5.23. The first kappa shape index (κ1) is 11.3. The van der Waals surface area contributed by atoms with E-state index in [1.807, 2.05) is 23.3 Å². The molecule has 4 nitrogen and oxygen atoms in total. The molecule has 5 heteroatoms. The van der Waals surface area contributed by atoms with Gasteiger partial charge in [-0.2, -0.15) is 0 Å². The number of nitrogens with two attached hydrogens (primary N) is 1. The lowest BCUT2D eigenvalue weighted by Crippen LogP contribution is -2.39. The first-order valence-corrected chi connectivity index (χ1v) is 6.27. The summed E-state index contributed by atoms with van der Waals surface area (Å²) in [5, 5.41) is 2.67. The molecule has 0 saturated carbocycles. The minimum atomic E-state index is -0.355. The Morgan fingerprint density at radius 2 is 2.38 bits per heavy atom. The zero-order valence-electron chi connectivity index (χ0n) is 8.95. The minimum Gasteiger partial charge on any atom is -0.333 e. The molecule has 0 aromatic heterocycles. The number of benzene rings is 1. The predicted octanol–water partition coefficient (Wildman–Crippen LogP) is 1.40. The van der Waals surface area contributed by atoms with E-state index < -0.39 is 0 Å². The number of hydrazine groups is 1. The Kier molecular flexibility index (Phi) is 3.69. The lowest BCUT2D eigenvalue weighted by Gasteiger charge is -2.16. The van der Waals surface area contributed by atoms with Crippen LogP contribution in [-0.4, -0.2) is 11.8 Å². The van der Waals surface area contributed by atoms with E-state index in [0.29, 0.717) is 6.54 Å². The fourth-order valence-corrected chi connectivity index (χ4v) is 2.78. The molecule has 0 unspecified atom stereocenters. The summed E-state index contributed by atoms with van der Waals surface area (Å²) in [6.07, 6.45) is 2.37. The van der Waals surface area contributed by atoms with Crippen molar-refractivity contribution in [2.45, 2.75) is 24.3 Å². The Morgan fingerprint density at radius 1 is 1.50 bits per heavy atom. The SMILES string of the molecule is NNC(=O)NCc1ccc2c(c1)CCCS2. The van der Waals surface area contributed by atoms with Crippen LogP contribution in [0.15, 0.2) is 23.1 Å². The fraction of sp³-hybridized carbons (Fsp3) is 0.364. The molecule has 1 aromatic rings. The van der Waals surface area contributed by atoms with Crippen molar-refractivity contribution in [3.63, 3.8) is 0 Å². The molecular weight excluding hydrogens is 222 g/mol. The molecule has 1 heterocycles. The average molecular weight is 237 g/mol. The van der Waals surface area contributed by atoms with Crippen molar-refractivity contribution in [3.05, 3.63) is 29.3 Å². The van der Waals surface area contributed by atoms with Gasteiger partial charge in [0.25, 0.3) is 0 Å². The first-order chi connectivity index (χ1) is 7.79. The summed E-state index contributed by atoms with van der Waals surface area (Å²) in [6, 6.07) is 6.00. The Labute approximate surface area is 98.9 Å². The van der Waals surface area contributed by atoms with Gasteiger partial charge in [-0.05, 0) is 35.8 Å². The lowest BCUT2D eigenvalue weighted by molar-refractivity contribution is 0.241. The highest BCUT2D eigenvalue weighted by Crippen LogP contribution is 2.30. The Bertz CT molecular complexity index is 395. The third-order valence-corrected chi connectivity index (χ3v) is 3.76. The maximum absolute atomic E-state index is 10.9. The van der Waals surface area contributed by atoms with Gasteiger partial charge in [0.15, 0.2) is 0 Å². The number of urea groups is 1. The van der Waals surface area contributed by atoms with E-state index in [-0.39, 0.29) is 6.03 Å². The van der Waals surface area contributed by atoms with Gasteiger partial charge in [0.2, 0.25) is 0 Å². The maximum Gasteiger partial charge on any atom is 0.329 e. The van der Waals surface area contributed by atoms with Crippen LogP contribution in [0.3, 0.4) is 0 Å². The fourth-order valence-electron chi connectivity index (χ4n) is 1.76. The van der Waals surface area contributed by atoms with Crippen LogP contribution < -0.4 is 16.6 Å². The van der Waals surface area contributed by atoms with E-state index >= 15 is 0 Å². The molecule has 16 heavy (non-hydrogen) atoms. The van der Waals surface area contributed by atoms with Crippen molar-refractivity contribution in [2.24, 2.45) is 5.84 Å². The van der Waals surface area contributed by atoms with Crippen LogP contribution in [0.1, 0.15) is 17.5 Å². The summed E-state index contributed by atoms with van der Waals surface area (Å²) >= 11 is 1.91. The molecule has 2 rings (SSSR count). The molecule has 86 valence electrons. The lowest BCUT2D eigenvalue weighted by atomic mass is 10.1. The summed E-state index contributed by atoms with van der Waals surface area (Å²) in [6.45, 7) is 0.515. The number of aryl methyl sites for hydroxylation is 1. The van der Waals surface area contributed by atoms with E-state index in [2.05, 4.69) is 17.4 Å². The van der Waals surface area contributed by atoms with Gasteiger partial charge in [-0.15, -0.1) is 11.8 Å². The van der Waals surface area contributed by atoms with Gasteiger partial charge in [0.05, 0.1) is 0 Å². The molecular formula is C11H15N3OS. The van der Waals surface area contributed by atoms with E-state index in [9.17, 15) is 4.79 Å². The zero-order valence-corrected chi connectivity index (χ0v) is 9.77. The number of hydrogen-bond acceptors (Lipinski definition) is 3. The molecule has 0 fully saturated rings. The number of rotatable bonds is 2. The minimum absolute atomic E-state index is 0.355. The topological polar surface area (TPSA) is 67.1 Å². The van der Waals surface area contributed by atoms with Crippen molar-refractivity contribution in [2.75, 3.05) is 5.75 Å². The number of carbonyl (C=O) groups excluding carboxylic acids is 1. The number of fused-ring (bicyclic) bond motifs is 1. The smallest absolute Gasteiger partial charge is 0.329 e. The number of hydrogen-bond donors (Lipinski definition) is 3. The van der Waals surface area contributed by atoms with Crippen molar-refractivity contribution >= 4 is 17.8 Å². The van der Waals surface area contributed by atoms with Crippen LogP contribution in [0.2, 0.25) is 0 Å². The second-order valence-electron chi connectivity index (χ2n) is 3.72. The van der Waals surface area contributed by atoms with Crippen molar-refractivity contribution in [3.8, 4) is 0 Å². The Morgan fingerprint density at radius 3 is 3.19 bits per heavy atom. The summed E-state index contributed by atoms with van der Waals surface area (Å²) < 4.78 is 0. The standard InChI is InChI=1S/C11H15N3OS/c12-14-11(15)13-7-8-3-4-10-9(6-8)2-1-5-16-10/h3-4,6H,1-2,5,7,12H2,(H2,13,14,15). The second-order valence-corrected chi connectivity index (χ2v) is 4.86. The molecule has 0 bridgehead atoms. The van der Waals surface area contributed by atoms with E-state index in [1.165, 1.54) is 22.6 Å². The van der Waals surface area contributed by atoms with Crippen LogP contribution in [0.5, 0.6) is 0 Å². The van der Waals surface area contributed by atoms with Gasteiger partial charge < -0.3 is 5.32 Å². The van der Waals surface area contributed by atoms with Crippen LogP contribution >= 0.6 is 11.8 Å². The largest absolute Gasteiger partial charge is 0.333 e. The molecule has 1 aliphatic rings. The van der Waals surface area contributed by atoms with E-state index in [4.69, 9.17) is 5.84 Å². The molecule has 4 N–H and O–H groups in total. The van der Waals surface area contributed by atoms with Gasteiger partial charge in [0.1, 0.15) is 0 Å². The van der Waals surface area contributed by atoms with Crippen LogP contribution in [0, 0.1) is 0 Å². The highest BCUT2D eigenvalue weighted by atomic mass is 32.2. The number of carbonyl (C=O) groups is 1. The molecule has 0 radical (unpaired) electrons. The van der Waals surface area contributed by atoms with Gasteiger partial charge in [0, 0.05) is 11.4 Å². The Hall–Kier alpha value is -1.20. The monoisotopic (exact) mass is 237 g/mol. The van der Waals surface area contributed by atoms with Crippen molar-refractivity contribution < 1.29 is 4.79 Å². The average Bonchev–Trinajstić information content (AvgIpc) is 2.35. The van der Waals surface area contributed by atoms with Gasteiger partial charge >= 0.3 is 6.03 Å². The number of nitrogens with one attached hydrogen (secondary N) is 2. The van der Waals surface area contributed by atoms with Crippen molar-refractivity contribution in [1.82, 2.24) is 10.7 Å². The van der Waals surface area contributed by atoms with Crippen LogP contribution in [-0.2, 0) is 13.0 Å². The molecule has 0 saturated heterocycles. The molecule has 2 amide bonds. The van der Waals surface area contributed by atoms with E-state index in [0.717, 1.165) is 12.0 Å². The van der Waals surface area contributed by atoms with Gasteiger partial charge in [-0.3, -0.25) is 5.43 Å².